The number of allylic oxidation sites excluding steroid dienone is 1. The van der Waals surface area contributed by atoms with Crippen LogP contribution in [0, 0.1) is 0 Å². The Morgan fingerprint density at radius 1 is 1.21 bits per heavy atom. The molecule has 2 heterocycles. The Hall–Kier alpha value is -2.11. The molecule has 11 heteroatoms. The van der Waals surface area contributed by atoms with E-state index in [2.05, 4.69) is 26.3 Å². The average Bonchev–Trinajstić information content (AvgIpc) is 3.03. The summed E-state index contributed by atoms with van der Waals surface area (Å²) in [6.07, 6.45) is -1.98. The molecule has 1 unspecified atom stereocenters. The number of primary sulfonamides is 1. The first kappa shape index (κ1) is 20.6. The minimum Gasteiger partial charge on any atom is -0.293 e. The quantitative estimate of drug-likeness (QED) is 0.703. The number of nitrogens with one attached hydrogen (secondary N) is 1. The van der Waals surface area contributed by atoms with Crippen molar-refractivity contribution in [3.8, 4) is 0 Å². The summed E-state index contributed by atoms with van der Waals surface area (Å²) < 4.78 is 64.0. The average molecular weight is 477 g/mol. The summed E-state index contributed by atoms with van der Waals surface area (Å²) in [7, 11) is -4.02. The van der Waals surface area contributed by atoms with Gasteiger partial charge in [-0.15, -0.1) is 0 Å². The van der Waals surface area contributed by atoms with Crippen LogP contribution in [0.3, 0.4) is 0 Å². The summed E-state index contributed by atoms with van der Waals surface area (Å²) in [5, 5.41) is 6.00. The first-order valence-electron chi connectivity index (χ1n) is 8.09. The van der Waals surface area contributed by atoms with Crippen LogP contribution in [-0.4, -0.2) is 19.6 Å². The third-order valence-corrected chi connectivity index (χ3v) is 5.83. The fraction of sp³-hybridized carbons (Fsp3) is 0.235. The Labute approximate surface area is 168 Å². The van der Waals surface area contributed by atoms with Gasteiger partial charge in [-0.05, 0) is 42.3 Å². The zero-order valence-corrected chi connectivity index (χ0v) is 16.9. The third kappa shape index (κ3) is 3.74. The second-order valence-corrected chi connectivity index (χ2v) is 8.61. The third-order valence-electron chi connectivity index (χ3n) is 4.47. The molecule has 1 aromatic heterocycles. The summed E-state index contributed by atoms with van der Waals surface area (Å²) in [5.74, 6) is 0. The zero-order valence-electron chi connectivity index (χ0n) is 14.5. The van der Waals surface area contributed by atoms with Crippen LogP contribution >= 0.6 is 15.9 Å². The molecular weight excluding hydrogens is 461 g/mol. The lowest BCUT2D eigenvalue weighted by Crippen LogP contribution is -2.48. The molecule has 0 amide bonds. The fourth-order valence-corrected chi connectivity index (χ4v) is 3.81. The predicted molar refractivity (Wildman–Crippen MR) is 101 cm³/mol. The summed E-state index contributed by atoms with van der Waals surface area (Å²) in [4.78, 5) is 3.78. The molecule has 3 N–H and O–H groups in total. The standard InChI is InChI=1S/C17H16BrF3N4O2S/c1-2-16(11-3-5-12(18)6-4-11)9-14(17(19,20)21)24-25(16)13-7-8-15(23-10-13)28(22,26)27/h3-10,24H,2H2,1H3,(H2,22,26,27). The van der Waals surface area contributed by atoms with Gasteiger partial charge in [0.2, 0.25) is 0 Å². The molecule has 1 aliphatic heterocycles. The Balaban J connectivity index is 2.14. The highest BCUT2D eigenvalue weighted by molar-refractivity contribution is 9.10. The van der Waals surface area contributed by atoms with Crippen molar-refractivity contribution in [2.45, 2.75) is 30.1 Å². The summed E-state index contributed by atoms with van der Waals surface area (Å²) in [6.45, 7) is 1.76. The van der Waals surface area contributed by atoms with Crippen LogP contribution in [0.1, 0.15) is 18.9 Å². The van der Waals surface area contributed by atoms with Gasteiger partial charge in [0, 0.05) is 4.47 Å². The Morgan fingerprint density at radius 2 is 1.86 bits per heavy atom. The monoisotopic (exact) mass is 476 g/mol. The number of anilines is 1. The predicted octanol–water partition coefficient (Wildman–Crippen LogP) is 3.57. The van der Waals surface area contributed by atoms with Gasteiger partial charge in [-0.25, -0.2) is 18.5 Å². The number of halogens is 4. The van der Waals surface area contributed by atoms with Gasteiger partial charge in [0.05, 0.1) is 11.9 Å². The maximum atomic E-state index is 13.5. The molecular formula is C17H16BrF3N4O2S. The van der Waals surface area contributed by atoms with Crippen LogP contribution < -0.4 is 15.6 Å². The van der Waals surface area contributed by atoms with Crippen LogP contribution in [0.4, 0.5) is 18.9 Å². The summed E-state index contributed by atoms with van der Waals surface area (Å²) in [6, 6.07) is 9.45. The highest BCUT2D eigenvalue weighted by Gasteiger charge is 2.48. The highest BCUT2D eigenvalue weighted by atomic mass is 79.9. The van der Waals surface area contributed by atoms with Crippen molar-refractivity contribution in [1.82, 2.24) is 10.4 Å². The Kier molecular flexibility index (Phi) is 5.19. The smallest absolute Gasteiger partial charge is 0.293 e. The van der Waals surface area contributed by atoms with Crippen molar-refractivity contribution in [3.05, 3.63) is 64.4 Å². The van der Waals surface area contributed by atoms with Crippen molar-refractivity contribution in [2.75, 3.05) is 5.01 Å². The van der Waals surface area contributed by atoms with Gasteiger partial charge < -0.3 is 0 Å². The van der Waals surface area contributed by atoms with Crippen molar-refractivity contribution >= 4 is 31.6 Å². The number of nitrogens with two attached hydrogens (primary N) is 1. The van der Waals surface area contributed by atoms with E-state index in [9.17, 15) is 21.6 Å². The largest absolute Gasteiger partial charge is 0.432 e. The number of sulfonamides is 1. The highest BCUT2D eigenvalue weighted by Crippen LogP contribution is 2.44. The zero-order chi connectivity index (χ0) is 20.7. The van der Waals surface area contributed by atoms with E-state index in [0.29, 0.717) is 12.0 Å². The van der Waals surface area contributed by atoms with E-state index in [1.54, 1.807) is 31.2 Å². The Bertz CT molecular complexity index is 1010. The van der Waals surface area contributed by atoms with Crippen molar-refractivity contribution < 1.29 is 21.6 Å². The number of nitrogens with zero attached hydrogens (tertiary/aromatic N) is 2. The number of alkyl halides is 3. The molecule has 1 atom stereocenters. The number of hydrogen-bond acceptors (Lipinski definition) is 5. The van der Waals surface area contributed by atoms with E-state index in [0.717, 1.165) is 16.6 Å². The maximum absolute atomic E-state index is 13.5. The Morgan fingerprint density at radius 3 is 2.32 bits per heavy atom. The van der Waals surface area contributed by atoms with Crippen LogP contribution in [-0.2, 0) is 15.6 Å². The molecule has 0 bridgehead atoms. The molecule has 0 fully saturated rings. The van der Waals surface area contributed by atoms with Gasteiger partial charge in [-0.2, -0.15) is 13.2 Å². The number of hydrazine groups is 1. The molecule has 0 saturated heterocycles. The minimum absolute atomic E-state index is 0.257. The van der Waals surface area contributed by atoms with Gasteiger partial charge in [-0.3, -0.25) is 10.4 Å². The number of benzene rings is 1. The molecule has 0 spiro atoms. The minimum atomic E-state index is -4.58. The van der Waals surface area contributed by atoms with Gasteiger partial charge in [0.25, 0.3) is 10.0 Å². The molecule has 2 aromatic rings. The lowest BCUT2D eigenvalue weighted by Gasteiger charge is -2.38. The van der Waals surface area contributed by atoms with E-state index in [1.807, 2.05) is 0 Å². The lowest BCUT2D eigenvalue weighted by molar-refractivity contribution is -0.0958. The summed E-state index contributed by atoms with van der Waals surface area (Å²) in [5.41, 5.74) is 1.21. The number of pyridine rings is 1. The molecule has 0 radical (unpaired) electrons. The van der Waals surface area contributed by atoms with E-state index in [1.165, 1.54) is 17.3 Å². The molecule has 28 heavy (non-hydrogen) atoms. The first-order valence-corrected chi connectivity index (χ1v) is 10.4. The van der Waals surface area contributed by atoms with Crippen LogP contribution in [0.2, 0.25) is 0 Å². The lowest BCUT2D eigenvalue weighted by atomic mass is 9.86. The van der Waals surface area contributed by atoms with Crippen LogP contribution in [0.15, 0.2) is 63.9 Å². The van der Waals surface area contributed by atoms with Gasteiger partial charge >= 0.3 is 6.18 Å². The number of aromatic nitrogens is 1. The van der Waals surface area contributed by atoms with Crippen LogP contribution in [0.25, 0.3) is 0 Å². The van der Waals surface area contributed by atoms with E-state index in [4.69, 9.17) is 5.14 Å². The molecule has 3 rings (SSSR count). The van der Waals surface area contributed by atoms with Gasteiger partial charge in [-0.1, -0.05) is 35.0 Å². The summed E-state index contributed by atoms with van der Waals surface area (Å²) >= 11 is 3.32. The fourth-order valence-electron chi connectivity index (χ4n) is 3.08. The molecule has 150 valence electrons. The second-order valence-electron chi connectivity index (χ2n) is 6.19. The van der Waals surface area contributed by atoms with Crippen LogP contribution in [0.5, 0.6) is 0 Å². The molecule has 0 aliphatic carbocycles. The maximum Gasteiger partial charge on any atom is 0.432 e. The molecule has 6 nitrogen and oxygen atoms in total. The first-order chi connectivity index (χ1) is 13.0. The molecule has 1 aromatic carbocycles. The SMILES string of the molecule is CCC1(c2ccc(Br)cc2)C=C(C(F)(F)F)NN1c1ccc(S(N)(=O)=O)nc1. The van der Waals surface area contributed by atoms with Gasteiger partial charge in [0.1, 0.15) is 11.2 Å². The van der Waals surface area contributed by atoms with Crippen molar-refractivity contribution in [1.29, 1.82) is 0 Å². The molecule has 1 aliphatic rings. The number of hydrogen-bond donors (Lipinski definition) is 2. The topological polar surface area (TPSA) is 88.3 Å². The second kappa shape index (κ2) is 7.05. The van der Waals surface area contributed by atoms with Gasteiger partial charge in [0.15, 0.2) is 5.03 Å². The van der Waals surface area contributed by atoms with Crippen molar-refractivity contribution in [2.24, 2.45) is 5.14 Å². The number of rotatable bonds is 4. The van der Waals surface area contributed by atoms with E-state index >= 15 is 0 Å². The van der Waals surface area contributed by atoms with Crippen molar-refractivity contribution in [3.63, 3.8) is 0 Å². The van der Waals surface area contributed by atoms with E-state index < -0.39 is 27.4 Å². The molecule has 0 saturated carbocycles. The normalized spacial score (nSPS) is 20.1. The van der Waals surface area contributed by atoms with E-state index in [-0.39, 0.29) is 10.7 Å².